The van der Waals surface area contributed by atoms with E-state index < -0.39 is 0 Å². The summed E-state index contributed by atoms with van der Waals surface area (Å²) < 4.78 is 0. The van der Waals surface area contributed by atoms with Crippen molar-refractivity contribution < 1.29 is 0 Å². The lowest BCUT2D eigenvalue weighted by Gasteiger charge is -2.02. The molecular formula is C12H14N4. The Balaban J connectivity index is 2.11. The van der Waals surface area contributed by atoms with Crippen molar-refractivity contribution in [1.29, 1.82) is 0 Å². The number of pyridine rings is 1. The fraction of sp³-hybridized carbons (Fsp3) is 0.250. The lowest BCUT2D eigenvalue weighted by Crippen LogP contribution is -1.98. The largest absolute Gasteiger partial charge is 0.368 e. The minimum atomic E-state index is 0.304. The standard InChI is InChI=1S/C12H14N4/c1-2-9-3-4-11(14-6-9)5-10-7-15-12(13)16-8-10/h3-4,6-8H,2,5H2,1H3,(H2,13,15,16). The Hall–Kier alpha value is -1.97. The predicted molar refractivity (Wildman–Crippen MR) is 62.9 cm³/mol. The van der Waals surface area contributed by atoms with Gasteiger partial charge in [0, 0.05) is 30.7 Å². The van der Waals surface area contributed by atoms with Crippen LogP contribution in [0.3, 0.4) is 0 Å². The Morgan fingerprint density at radius 1 is 1.00 bits per heavy atom. The van der Waals surface area contributed by atoms with E-state index in [1.54, 1.807) is 12.4 Å². The summed E-state index contributed by atoms with van der Waals surface area (Å²) in [5.74, 6) is 0.304. The highest BCUT2D eigenvalue weighted by Crippen LogP contribution is 2.07. The first-order valence-corrected chi connectivity index (χ1v) is 5.28. The zero-order chi connectivity index (χ0) is 11.4. The van der Waals surface area contributed by atoms with Gasteiger partial charge in [-0.2, -0.15) is 0 Å². The van der Waals surface area contributed by atoms with Gasteiger partial charge in [0.1, 0.15) is 0 Å². The topological polar surface area (TPSA) is 64.7 Å². The Labute approximate surface area is 94.6 Å². The average molecular weight is 214 g/mol. The third-order valence-electron chi connectivity index (χ3n) is 2.40. The quantitative estimate of drug-likeness (QED) is 0.843. The van der Waals surface area contributed by atoms with Crippen LogP contribution in [-0.2, 0) is 12.8 Å². The molecule has 0 spiro atoms. The van der Waals surface area contributed by atoms with E-state index >= 15 is 0 Å². The van der Waals surface area contributed by atoms with Crippen molar-refractivity contribution >= 4 is 5.95 Å². The smallest absolute Gasteiger partial charge is 0.219 e. The van der Waals surface area contributed by atoms with E-state index in [2.05, 4.69) is 27.9 Å². The van der Waals surface area contributed by atoms with Gasteiger partial charge in [-0.25, -0.2) is 9.97 Å². The SMILES string of the molecule is CCc1ccc(Cc2cnc(N)nc2)nc1. The normalized spacial score (nSPS) is 10.3. The molecule has 16 heavy (non-hydrogen) atoms. The number of nitrogens with two attached hydrogens (primary N) is 1. The number of aryl methyl sites for hydroxylation is 1. The Kier molecular flexibility index (Phi) is 3.10. The van der Waals surface area contributed by atoms with Crippen molar-refractivity contribution in [2.45, 2.75) is 19.8 Å². The zero-order valence-electron chi connectivity index (χ0n) is 9.22. The van der Waals surface area contributed by atoms with Crippen molar-refractivity contribution in [3.05, 3.63) is 47.5 Å². The third kappa shape index (κ3) is 2.53. The van der Waals surface area contributed by atoms with Crippen LogP contribution in [0.4, 0.5) is 5.95 Å². The Morgan fingerprint density at radius 2 is 1.69 bits per heavy atom. The molecule has 0 unspecified atom stereocenters. The van der Waals surface area contributed by atoms with Crippen molar-refractivity contribution in [1.82, 2.24) is 15.0 Å². The molecule has 0 atom stereocenters. The molecule has 0 radical (unpaired) electrons. The number of anilines is 1. The van der Waals surface area contributed by atoms with Gasteiger partial charge in [0.05, 0.1) is 0 Å². The summed E-state index contributed by atoms with van der Waals surface area (Å²) in [4.78, 5) is 12.3. The van der Waals surface area contributed by atoms with Crippen molar-refractivity contribution in [3.63, 3.8) is 0 Å². The van der Waals surface area contributed by atoms with E-state index in [9.17, 15) is 0 Å². The van der Waals surface area contributed by atoms with Gasteiger partial charge in [-0.05, 0) is 23.6 Å². The molecular weight excluding hydrogens is 200 g/mol. The van der Waals surface area contributed by atoms with Gasteiger partial charge in [-0.3, -0.25) is 4.98 Å². The highest BCUT2D eigenvalue weighted by molar-refractivity contribution is 5.22. The lowest BCUT2D eigenvalue weighted by atomic mass is 10.1. The summed E-state index contributed by atoms with van der Waals surface area (Å²) in [5.41, 5.74) is 8.71. The van der Waals surface area contributed by atoms with Crippen LogP contribution in [0.5, 0.6) is 0 Å². The average Bonchev–Trinajstić information content (AvgIpc) is 2.33. The number of aromatic nitrogens is 3. The summed E-state index contributed by atoms with van der Waals surface area (Å²) >= 11 is 0. The van der Waals surface area contributed by atoms with Gasteiger partial charge < -0.3 is 5.73 Å². The lowest BCUT2D eigenvalue weighted by molar-refractivity contribution is 1.01. The first-order valence-electron chi connectivity index (χ1n) is 5.28. The molecule has 2 aromatic heterocycles. The van der Waals surface area contributed by atoms with Crippen LogP contribution in [0.25, 0.3) is 0 Å². The van der Waals surface area contributed by atoms with Crippen LogP contribution in [0, 0.1) is 0 Å². The van der Waals surface area contributed by atoms with Gasteiger partial charge in [0.2, 0.25) is 5.95 Å². The summed E-state index contributed by atoms with van der Waals surface area (Å²) in [6.45, 7) is 2.12. The molecule has 2 rings (SSSR count). The van der Waals surface area contributed by atoms with Gasteiger partial charge >= 0.3 is 0 Å². The monoisotopic (exact) mass is 214 g/mol. The summed E-state index contributed by atoms with van der Waals surface area (Å²) in [7, 11) is 0. The Morgan fingerprint density at radius 3 is 2.25 bits per heavy atom. The fourth-order valence-electron chi connectivity index (χ4n) is 1.43. The maximum absolute atomic E-state index is 5.42. The van der Waals surface area contributed by atoms with Crippen LogP contribution in [-0.4, -0.2) is 15.0 Å². The van der Waals surface area contributed by atoms with E-state index in [4.69, 9.17) is 5.73 Å². The molecule has 0 aliphatic rings. The first-order chi connectivity index (χ1) is 7.78. The molecule has 4 nitrogen and oxygen atoms in total. The molecule has 0 saturated carbocycles. The zero-order valence-corrected chi connectivity index (χ0v) is 9.22. The van der Waals surface area contributed by atoms with Gasteiger partial charge in [0.15, 0.2) is 0 Å². The van der Waals surface area contributed by atoms with Crippen LogP contribution in [0.1, 0.15) is 23.7 Å². The molecule has 0 fully saturated rings. The molecule has 0 aromatic carbocycles. The van der Waals surface area contributed by atoms with E-state index in [1.807, 2.05) is 12.3 Å². The third-order valence-corrected chi connectivity index (χ3v) is 2.40. The fourth-order valence-corrected chi connectivity index (χ4v) is 1.43. The van der Waals surface area contributed by atoms with Crippen molar-refractivity contribution in [3.8, 4) is 0 Å². The van der Waals surface area contributed by atoms with E-state index in [1.165, 1.54) is 5.56 Å². The molecule has 2 heterocycles. The molecule has 0 aliphatic carbocycles. The van der Waals surface area contributed by atoms with Crippen molar-refractivity contribution in [2.24, 2.45) is 0 Å². The minimum absolute atomic E-state index is 0.304. The molecule has 0 aliphatic heterocycles. The Bertz CT molecular complexity index is 447. The predicted octanol–water partition coefficient (Wildman–Crippen LogP) is 1.61. The van der Waals surface area contributed by atoms with Gasteiger partial charge in [0.25, 0.3) is 0 Å². The summed E-state index contributed by atoms with van der Waals surface area (Å²) in [6, 6.07) is 4.13. The second kappa shape index (κ2) is 4.70. The maximum atomic E-state index is 5.42. The van der Waals surface area contributed by atoms with E-state index in [-0.39, 0.29) is 0 Å². The molecule has 0 saturated heterocycles. The molecule has 2 aromatic rings. The van der Waals surface area contributed by atoms with Crippen LogP contribution < -0.4 is 5.73 Å². The number of hydrogen-bond donors (Lipinski definition) is 1. The number of nitrogens with zero attached hydrogens (tertiary/aromatic N) is 3. The molecule has 4 heteroatoms. The van der Waals surface area contributed by atoms with Gasteiger partial charge in [-0.15, -0.1) is 0 Å². The van der Waals surface area contributed by atoms with Crippen LogP contribution in [0.15, 0.2) is 30.7 Å². The highest BCUT2D eigenvalue weighted by Gasteiger charge is 1.99. The highest BCUT2D eigenvalue weighted by atomic mass is 15.0. The van der Waals surface area contributed by atoms with E-state index in [0.717, 1.165) is 24.1 Å². The van der Waals surface area contributed by atoms with E-state index in [0.29, 0.717) is 5.95 Å². The van der Waals surface area contributed by atoms with Gasteiger partial charge in [-0.1, -0.05) is 13.0 Å². The van der Waals surface area contributed by atoms with Crippen LogP contribution >= 0.6 is 0 Å². The molecule has 82 valence electrons. The molecule has 2 N–H and O–H groups in total. The second-order valence-electron chi connectivity index (χ2n) is 3.64. The van der Waals surface area contributed by atoms with Crippen molar-refractivity contribution in [2.75, 3.05) is 5.73 Å². The molecule has 0 amide bonds. The maximum Gasteiger partial charge on any atom is 0.219 e. The first kappa shape index (κ1) is 10.5. The summed E-state index contributed by atoms with van der Waals surface area (Å²) in [5, 5.41) is 0. The number of nitrogen functional groups attached to an aromatic ring is 1. The minimum Gasteiger partial charge on any atom is -0.368 e. The van der Waals surface area contributed by atoms with Crippen LogP contribution in [0.2, 0.25) is 0 Å². The molecule has 0 bridgehead atoms. The summed E-state index contributed by atoms with van der Waals surface area (Å²) in [6.07, 6.45) is 7.13. The second-order valence-corrected chi connectivity index (χ2v) is 3.64. The number of hydrogen-bond acceptors (Lipinski definition) is 4. The number of rotatable bonds is 3.